The molecular formula is C25H19BrCl2N6O. The second kappa shape index (κ2) is 9.81. The standard InChI is InChI=1S/C25H19BrCl2N6O/c1-2-33-13-16(11-29-33)23-10-18(17-5-3-4-6-22(17)30-23)25(35)31-24-19(26)14-34(32-24)12-15-7-8-20(27)21(28)9-15/h3-11,13-14H,2,12H2,1H3,(H,31,32,35). The van der Waals surface area contributed by atoms with E-state index >= 15 is 0 Å². The highest BCUT2D eigenvalue weighted by Crippen LogP contribution is 2.28. The van der Waals surface area contributed by atoms with E-state index in [-0.39, 0.29) is 5.91 Å². The number of carbonyl (C=O) groups excluding carboxylic acids is 1. The molecule has 0 aliphatic rings. The molecule has 1 N–H and O–H groups in total. The Morgan fingerprint density at radius 1 is 1.06 bits per heavy atom. The molecule has 0 aliphatic heterocycles. The first kappa shape index (κ1) is 23.5. The number of hydrogen-bond acceptors (Lipinski definition) is 4. The lowest BCUT2D eigenvalue weighted by molar-refractivity contribution is 0.102. The molecule has 0 bridgehead atoms. The van der Waals surface area contributed by atoms with Gasteiger partial charge in [0.15, 0.2) is 5.82 Å². The second-order valence-electron chi connectivity index (χ2n) is 7.88. The van der Waals surface area contributed by atoms with Gasteiger partial charge in [-0.1, -0.05) is 47.5 Å². The molecule has 10 heteroatoms. The van der Waals surface area contributed by atoms with E-state index in [0.717, 1.165) is 28.6 Å². The van der Waals surface area contributed by atoms with E-state index in [1.165, 1.54) is 0 Å². The zero-order valence-electron chi connectivity index (χ0n) is 18.5. The lowest BCUT2D eigenvalue weighted by Gasteiger charge is -2.09. The molecule has 0 spiro atoms. The topological polar surface area (TPSA) is 77.6 Å². The Morgan fingerprint density at radius 3 is 2.66 bits per heavy atom. The summed E-state index contributed by atoms with van der Waals surface area (Å²) in [5.41, 5.74) is 3.69. The third-order valence-corrected chi connectivity index (χ3v) is 6.81. The van der Waals surface area contributed by atoms with Crippen LogP contribution in [0.4, 0.5) is 5.82 Å². The lowest BCUT2D eigenvalue weighted by atomic mass is 10.0. The van der Waals surface area contributed by atoms with Gasteiger partial charge in [0, 0.05) is 29.9 Å². The Morgan fingerprint density at radius 2 is 1.89 bits per heavy atom. The van der Waals surface area contributed by atoms with E-state index in [9.17, 15) is 4.79 Å². The van der Waals surface area contributed by atoms with Crippen molar-refractivity contribution in [3.8, 4) is 11.3 Å². The number of benzene rings is 2. The number of carbonyl (C=O) groups is 1. The minimum Gasteiger partial charge on any atom is -0.304 e. The van der Waals surface area contributed by atoms with Crippen LogP contribution < -0.4 is 5.32 Å². The quantitative estimate of drug-likeness (QED) is 0.247. The minimum atomic E-state index is -0.284. The highest BCUT2D eigenvalue weighted by atomic mass is 79.9. The van der Waals surface area contributed by atoms with E-state index in [4.69, 9.17) is 28.2 Å². The number of aromatic nitrogens is 5. The Kier molecular flexibility index (Phi) is 6.60. The van der Waals surface area contributed by atoms with Crippen LogP contribution in [-0.2, 0) is 13.1 Å². The van der Waals surface area contributed by atoms with Crippen LogP contribution in [0.15, 0.2) is 71.6 Å². The van der Waals surface area contributed by atoms with Crippen molar-refractivity contribution in [2.45, 2.75) is 20.0 Å². The monoisotopic (exact) mass is 568 g/mol. The fourth-order valence-corrected chi connectivity index (χ4v) is 4.48. The average Bonchev–Trinajstić information content (AvgIpc) is 3.47. The Hall–Kier alpha value is -3.20. The van der Waals surface area contributed by atoms with Crippen molar-refractivity contribution in [3.63, 3.8) is 0 Å². The van der Waals surface area contributed by atoms with Crippen LogP contribution in [0.2, 0.25) is 10.0 Å². The van der Waals surface area contributed by atoms with Gasteiger partial charge in [-0.25, -0.2) is 4.98 Å². The van der Waals surface area contributed by atoms with Crippen LogP contribution in [-0.4, -0.2) is 30.5 Å². The molecule has 3 heterocycles. The van der Waals surface area contributed by atoms with E-state index in [1.54, 1.807) is 35.3 Å². The van der Waals surface area contributed by atoms with Gasteiger partial charge in [0.25, 0.3) is 5.91 Å². The zero-order chi connectivity index (χ0) is 24.5. The number of nitrogens with zero attached hydrogens (tertiary/aromatic N) is 5. The molecule has 5 rings (SSSR count). The molecule has 0 atom stereocenters. The van der Waals surface area contributed by atoms with Gasteiger partial charge in [-0.3, -0.25) is 14.2 Å². The zero-order valence-corrected chi connectivity index (χ0v) is 21.6. The summed E-state index contributed by atoms with van der Waals surface area (Å²) in [6, 6.07) is 14.8. The molecule has 7 nitrogen and oxygen atoms in total. The van der Waals surface area contributed by atoms with E-state index in [1.807, 2.05) is 48.1 Å². The summed E-state index contributed by atoms with van der Waals surface area (Å²) in [7, 11) is 0. The normalized spacial score (nSPS) is 11.2. The van der Waals surface area contributed by atoms with Crippen LogP contribution in [0.1, 0.15) is 22.8 Å². The van der Waals surface area contributed by atoms with Crippen molar-refractivity contribution in [3.05, 3.63) is 92.8 Å². The van der Waals surface area contributed by atoms with Gasteiger partial charge in [-0.2, -0.15) is 10.2 Å². The van der Waals surface area contributed by atoms with Gasteiger partial charge in [0.05, 0.1) is 44.0 Å². The lowest BCUT2D eigenvalue weighted by Crippen LogP contribution is -2.14. The van der Waals surface area contributed by atoms with Crippen LogP contribution >= 0.6 is 39.1 Å². The summed E-state index contributed by atoms with van der Waals surface area (Å²) >= 11 is 15.6. The van der Waals surface area contributed by atoms with E-state index in [0.29, 0.717) is 38.1 Å². The molecule has 0 unspecified atom stereocenters. The molecule has 176 valence electrons. The van der Waals surface area contributed by atoms with E-state index < -0.39 is 0 Å². The number of anilines is 1. The molecule has 2 aromatic carbocycles. The molecule has 0 fully saturated rings. The number of pyridine rings is 1. The van der Waals surface area contributed by atoms with Crippen LogP contribution in [0.3, 0.4) is 0 Å². The maximum Gasteiger partial charge on any atom is 0.257 e. The summed E-state index contributed by atoms with van der Waals surface area (Å²) in [5, 5.41) is 13.5. The first-order valence-corrected chi connectivity index (χ1v) is 12.4. The van der Waals surface area contributed by atoms with Crippen molar-refractivity contribution < 1.29 is 4.79 Å². The Labute approximate surface area is 219 Å². The first-order chi connectivity index (χ1) is 16.9. The number of aryl methyl sites for hydroxylation is 1. The number of para-hydroxylation sites is 1. The number of fused-ring (bicyclic) bond motifs is 1. The number of amides is 1. The summed E-state index contributed by atoms with van der Waals surface area (Å²) in [5.74, 6) is 0.129. The summed E-state index contributed by atoms with van der Waals surface area (Å²) in [6.07, 6.45) is 5.47. The molecule has 35 heavy (non-hydrogen) atoms. The predicted octanol–water partition coefficient (Wildman–Crippen LogP) is 6.68. The third kappa shape index (κ3) is 4.96. The van der Waals surface area contributed by atoms with Crippen molar-refractivity contribution in [1.29, 1.82) is 0 Å². The van der Waals surface area contributed by atoms with Crippen LogP contribution in [0.5, 0.6) is 0 Å². The average molecular weight is 570 g/mol. The second-order valence-corrected chi connectivity index (χ2v) is 9.55. The largest absolute Gasteiger partial charge is 0.304 e. The number of halogens is 3. The van der Waals surface area contributed by atoms with Gasteiger partial charge in [0.2, 0.25) is 0 Å². The number of hydrogen-bond donors (Lipinski definition) is 1. The van der Waals surface area contributed by atoms with Gasteiger partial charge < -0.3 is 5.32 Å². The predicted molar refractivity (Wildman–Crippen MR) is 142 cm³/mol. The van der Waals surface area contributed by atoms with Gasteiger partial charge in [0.1, 0.15) is 0 Å². The van der Waals surface area contributed by atoms with E-state index in [2.05, 4.69) is 31.4 Å². The summed E-state index contributed by atoms with van der Waals surface area (Å²) in [4.78, 5) is 18.2. The smallest absolute Gasteiger partial charge is 0.257 e. The molecule has 0 saturated carbocycles. The molecule has 1 amide bonds. The molecule has 3 aromatic heterocycles. The Bertz CT molecular complexity index is 1560. The van der Waals surface area contributed by atoms with Crippen molar-refractivity contribution in [1.82, 2.24) is 24.5 Å². The highest BCUT2D eigenvalue weighted by Gasteiger charge is 2.18. The highest BCUT2D eigenvalue weighted by molar-refractivity contribution is 9.10. The molecule has 0 radical (unpaired) electrons. The van der Waals surface area contributed by atoms with Crippen LogP contribution in [0.25, 0.3) is 22.2 Å². The van der Waals surface area contributed by atoms with Crippen LogP contribution in [0, 0.1) is 0 Å². The number of nitrogens with one attached hydrogen (secondary N) is 1. The maximum absolute atomic E-state index is 13.4. The fourth-order valence-electron chi connectivity index (χ4n) is 3.74. The SMILES string of the molecule is CCn1cc(-c2cc(C(=O)Nc3nn(Cc4ccc(Cl)c(Cl)c4)cc3Br)c3ccccc3n2)cn1. The van der Waals surface area contributed by atoms with Crippen molar-refractivity contribution in [2.24, 2.45) is 0 Å². The fraction of sp³-hybridized carbons (Fsp3) is 0.120. The maximum atomic E-state index is 13.4. The summed E-state index contributed by atoms with van der Waals surface area (Å²) in [6.45, 7) is 3.23. The molecule has 0 aliphatic carbocycles. The molecule has 5 aromatic rings. The van der Waals surface area contributed by atoms with Crippen molar-refractivity contribution in [2.75, 3.05) is 5.32 Å². The van der Waals surface area contributed by atoms with Gasteiger partial charge in [-0.05, 0) is 52.7 Å². The van der Waals surface area contributed by atoms with Gasteiger partial charge >= 0.3 is 0 Å². The minimum absolute atomic E-state index is 0.284. The van der Waals surface area contributed by atoms with Crippen molar-refractivity contribution >= 4 is 61.8 Å². The first-order valence-electron chi connectivity index (χ1n) is 10.8. The summed E-state index contributed by atoms with van der Waals surface area (Å²) < 4.78 is 4.20. The Balaban J connectivity index is 1.45. The molecule has 0 saturated heterocycles. The molecular weight excluding hydrogens is 551 g/mol. The van der Waals surface area contributed by atoms with Gasteiger partial charge in [-0.15, -0.1) is 0 Å². The number of rotatable bonds is 6. The third-order valence-electron chi connectivity index (χ3n) is 5.49.